The van der Waals surface area contributed by atoms with E-state index in [9.17, 15) is 26.4 Å². The molecule has 1 aromatic heterocycles. The van der Waals surface area contributed by atoms with Crippen LogP contribution < -0.4 is 5.32 Å². The highest BCUT2D eigenvalue weighted by molar-refractivity contribution is 7.90. The molecule has 1 atom stereocenters. The SMILES string of the molecule is CS(=O)(=O)c1ccc(C(CC2CCCC2)C(=O)Nc2ccccn2)cc1C(F)(F)F. The van der Waals surface area contributed by atoms with Crippen molar-refractivity contribution in [2.75, 3.05) is 11.6 Å². The number of pyridine rings is 1. The molecular formula is C21H23F3N2O3S. The number of rotatable bonds is 6. The van der Waals surface area contributed by atoms with Gasteiger partial charge in [-0.3, -0.25) is 4.79 Å². The van der Waals surface area contributed by atoms with Crippen LogP contribution >= 0.6 is 0 Å². The van der Waals surface area contributed by atoms with Crippen LogP contribution in [0.2, 0.25) is 0 Å². The lowest BCUT2D eigenvalue weighted by atomic mass is 9.86. The van der Waals surface area contributed by atoms with Crippen molar-refractivity contribution in [3.05, 3.63) is 53.7 Å². The van der Waals surface area contributed by atoms with Gasteiger partial charge >= 0.3 is 6.18 Å². The summed E-state index contributed by atoms with van der Waals surface area (Å²) in [5.74, 6) is -0.762. The predicted octanol–water partition coefficient (Wildman–Crippen LogP) is 4.81. The number of amides is 1. The highest BCUT2D eigenvalue weighted by atomic mass is 32.2. The molecule has 1 fully saturated rings. The second-order valence-corrected chi connectivity index (χ2v) is 9.65. The van der Waals surface area contributed by atoms with Crippen LogP contribution in [0.5, 0.6) is 0 Å². The largest absolute Gasteiger partial charge is 0.417 e. The standard InChI is InChI=1S/C21H23F3N2O3S/c1-30(28,29)18-10-9-15(13-17(18)21(22,23)24)16(12-14-6-2-3-7-14)20(27)26-19-8-4-5-11-25-19/h4-5,8-11,13-14,16H,2-3,6-7,12H2,1H3,(H,25,26,27). The number of anilines is 1. The molecule has 0 saturated heterocycles. The van der Waals surface area contributed by atoms with Crippen LogP contribution in [-0.2, 0) is 20.8 Å². The van der Waals surface area contributed by atoms with E-state index in [1.54, 1.807) is 18.2 Å². The summed E-state index contributed by atoms with van der Waals surface area (Å²) in [6.07, 6.45) is 1.67. The Bertz CT molecular complexity index is 1000. The Morgan fingerprint density at radius 1 is 1.20 bits per heavy atom. The Kier molecular flexibility index (Phi) is 6.50. The number of nitrogens with zero attached hydrogens (tertiary/aromatic N) is 1. The van der Waals surface area contributed by atoms with E-state index in [4.69, 9.17) is 0 Å². The zero-order valence-corrected chi connectivity index (χ0v) is 17.3. The number of sulfone groups is 1. The summed E-state index contributed by atoms with van der Waals surface area (Å²) >= 11 is 0. The van der Waals surface area contributed by atoms with Crippen molar-refractivity contribution in [2.45, 2.75) is 49.1 Å². The number of benzene rings is 1. The summed E-state index contributed by atoms with van der Waals surface area (Å²) in [4.78, 5) is 16.2. The van der Waals surface area contributed by atoms with Crippen LogP contribution in [0.4, 0.5) is 19.0 Å². The van der Waals surface area contributed by atoms with Gasteiger partial charge in [0, 0.05) is 12.5 Å². The van der Waals surface area contributed by atoms with Gasteiger partial charge in [0.2, 0.25) is 5.91 Å². The number of nitrogens with one attached hydrogen (secondary N) is 1. The van der Waals surface area contributed by atoms with E-state index >= 15 is 0 Å². The fourth-order valence-corrected chi connectivity index (χ4v) is 4.82. The molecule has 0 bridgehead atoms. The average molecular weight is 440 g/mol. The van der Waals surface area contributed by atoms with Crippen molar-refractivity contribution in [1.82, 2.24) is 4.98 Å². The molecule has 1 N–H and O–H groups in total. The fraction of sp³-hybridized carbons (Fsp3) is 0.429. The second kappa shape index (κ2) is 8.75. The van der Waals surface area contributed by atoms with E-state index in [-0.39, 0.29) is 11.5 Å². The molecule has 1 aliphatic rings. The van der Waals surface area contributed by atoms with E-state index in [0.717, 1.165) is 44.1 Å². The molecule has 1 aromatic carbocycles. The lowest BCUT2D eigenvalue weighted by Gasteiger charge is -2.22. The topological polar surface area (TPSA) is 76.1 Å². The van der Waals surface area contributed by atoms with Gasteiger partial charge in [-0.15, -0.1) is 0 Å². The van der Waals surface area contributed by atoms with Crippen molar-refractivity contribution in [3.63, 3.8) is 0 Å². The van der Waals surface area contributed by atoms with E-state index in [0.29, 0.717) is 12.2 Å². The molecule has 2 aromatic rings. The molecule has 0 spiro atoms. The van der Waals surface area contributed by atoms with Gasteiger partial charge in [-0.05, 0) is 42.2 Å². The van der Waals surface area contributed by atoms with Crippen molar-refractivity contribution in [2.24, 2.45) is 5.92 Å². The van der Waals surface area contributed by atoms with E-state index < -0.39 is 38.3 Å². The lowest BCUT2D eigenvalue weighted by molar-refractivity contribution is -0.140. The zero-order chi connectivity index (χ0) is 21.9. The monoisotopic (exact) mass is 440 g/mol. The quantitative estimate of drug-likeness (QED) is 0.700. The first-order valence-corrected chi connectivity index (χ1v) is 11.6. The Morgan fingerprint density at radius 2 is 1.90 bits per heavy atom. The normalized spacial score (nSPS) is 16.4. The van der Waals surface area contributed by atoms with Crippen LogP contribution in [0.1, 0.15) is 49.1 Å². The lowest BCUT2D eigenvalue weighted by Crippen LogP contribution is -2.24. The first kappa shape index (κ1) is 22.3. The third-order valence-corrected chi connectivity index (χ3v) is 6.54. The number of hydrogen-bond acceptors (Lipinski definition) is 4. The summed E-state index contributed by atoms with van der Waals surface area (Å²) in [5.41, 5.74) is -1.10. The van der Waals surface area contributed by atoms with Gasteiger partial charge in [0.15, 0.2) is 9.84 Å². The molecule has 3 rings (SSSR count). The molecule has 5 nitrogen and oxygen atoms in total. The highest BCUT2D eigenvalue weighted by Gasteiger charge is 2.38. The second-order valence-electron chi connectivity index (χ2n) is 7.67. The minimum absolute atomic E-state index is 0.148. The summed E-state index contributed by atoms with van der Waals surface area (Å²) in [7, 11) is -4.08. The molecule has 1 saturated carbocycles. The maximum atomic E-state index is 13.6. The third kappa shape index (κ3) is 5.38. The van der Waals surface area contributed by atoms with Crippen LogP contribution in [0.15, 0.2) is 47.5 Å². The van der Waals surface area contributed by atoms with Crippen molar-refractivity contribution >= 4 is 21.6 Å². The van der Waals surface area contributed by atoms with Gasteiger partial charge in [0.1, 0.15) is 5.82 Å². The minimum atomic E-state index is -4.86. The number of aromatic nitrogens is 1. The van der Waals surface area contributed by atoms with E-state index in [2.05, 4.69) is 10.3 Å². The Morgan fingerprint density at radius 3 is 2.47 bits per heavy atom. The zero-order valence-electron chi connectivity index (χ0n) is 16.4. The van der Waals surface area contributed by atoms with Crippen molar-refractivity contribution < 1.29 is 26.4 Å². The Hall–Kier alpha value is -2.42. The van der Waals surface area contributed by atoms with Crippen LogP contribution in [0.25, 0.3) is 0 Å². The van der Waals surface area contributed by atoms with Crippen LogP contribution in [0, 0.1) is 5.92 Å². The Balaban J connectivity index is 2.00. The van der Waals surface area contributed by atoms with Gasteiger partial charge in [0.25, 0.3) is 0 Å². The molecule has 1 amide bonds. The van der Waals surface area contributed by atoms with Crippen LogP contribution in [0.3, 0.4) is 0 Å². The molecule has 0 radical (unpaired) electrons. The van der Waals surface area contributed by atoms with Crippen LogP contribution in [-0.4, -0.2) is 25.6 Å². The molecule has 162 valence electrons. The van der Waals surface area contributed by atoms with Gasteiger partial charge in [-0.1, -0.05) is 37.8 Å². The summed E-state index contributed by atoms with van der Waals surface area (Å²) < 4.78 is 64.5. The van der Waals surface area contributed by atoms with Gasteiger partial charge in [-0.25, -0.2) is 13.4 Å². The van der Waals surface area contributed by atoms with Crippen molar-refractivity contribution in [3.8, 4) is 0 Å². The first-order chi connectivity index (χ1) is 14.1. The maximum Gasteiger partial charge on any atom is 0.417 e. The third-order valence-electron chi connectivity index (χ3n) is 5.39. The molecule has 9 heteroatoms. The predicted molar refractivity (Wildman–Crippen MR) is 107 cm³/mol. The number of alkyl halides is 3. The molecule has 1 heterocycles. The molecular weight excluding hydrogens is 417 g/mol. The maximum absolute atomic E-state index is 13.6. The summed E-state index contributed by atoms with van der Waals surface area (Å²) in [6.45, 7) is 0. The van der Waals surface area contributed by atoms with Gasteiger partial charge < -0.3 is 5.32 Å². The first-order valence-electron chi connectivity index (χ1n) is 9.69. The smallest absolute Gasteiger partial charge is 0.310 e. The van der Waals surface area contributed by atoms with E-state index in [1.807, 2.05) is 0 Å². The van der Waals surface area contributed by atoms with E-state index in [1.165, 1.54) is 12.3 Å². The molecule has 1 aliphatic carbocycles. The minimum Gasteiger partial charge on any atom is -0.310 e. The fourth-order valence-electron chi connectivity index (χ4n) is 3.93. The average Bonchev–Trinajstić information content (AvgIpc) is 3.18. The number of halogens is 3. The number of hydrogen-bond donors (Lipinski definition) is 1. The van der Waals surface area contributed by atoms with Gasteiger partial charge in [-0.2, -0.15) is 13.2 Å². The molecule has 0 aliphatic heterocycles. The highest BCUT2D eigenvalue weighted by Crippen LogP contribution is 2.39. The number of carbonyl (C=O) groups excluding carboxylic acids is 1. The number of carbonyl (C=O) groups is 1. The molecule has 1 unspecified atom stereocenters. The summed E-state index contributed by atoms with van der Waals surface area (Å²) in [5, 5.41) is 2.67. The Labute approximate surface area is 173 Å². The molecule has 30 heavy (non-hydrogen) atoms. The van der Waals surface area contributed by atoms with Gasteiger partial charge in [0.05, 0.1) is 16.4 Å². The summed E-state index contributed by atoms with van der Waals surface area (Å²) in [6, 6.07) is 8.03. The van der Waals surface area contributed by atoms with Crippen molar-refractivity contribution in [1.29, 1.82) is 0 Å².